The number of rotatable bonds is 8. The quantitative estimate of drug-likeness (QED) is 0.538. The van der Waals surface area contributed by atoms with Crippen molar-refractivity contribution in [2.75, 3.05) is 0 Å². The third-order valence-corrected chi connectivity index (χ3v) is 6.98. The predicted molar refractivity (Wildman–Crippen MR) is 117 cm³/mol. The van der Waals surface area contributed by atoms with Crippen LogP contribution in [0.15, 0.2) is 58.3 Å². The van der Waals surface area contributed by atoms with Crippen molar-refractivity contribution in [3.63, 3.8) is 0 Å². The van der Waals surface area contributed by atoms with E-state index in [1.165, 1.54) is 24.3 Å². The summed E-state index contributed by atoms with van der Waals surface area (Å²) in [6, 6.07) is 12.6. The monoisotopic (exact) mass is 455 g/mol. The van der Waals surface area contributed by atoms with Gasteiger partial charge in [-0.3, -0.25) is 4.55 Å². The Bertz CT molecular complexity index is 887. The van der Waals surface area contributed by atoms with E-state index in [-0.39, 0.29) is 9.79 Å². The van der Waals surface area contributed by atoms with Gasteiger partial charge in [-0.25, -0.2) is 8.42 Å². The summed E-state index contributed by atoms with van der Waals surface area (Å²) >= 11 is 0. The van der Waals surface area contributed by atoms with Gasteiger partial charge in [0.05, 0.1) is 9.79 Å². The lowest BCUT2D eigenvalue weighted by Crippen LogP contribution is -2.00. The minimum atomic E-state index is -4.31. The van der Waals surface area contributed by atoms with Gasteiger partial charge < -0.3 is 4.55 Å². The molecule has 0 heterocycles. The maximum absolute atomic E-state index is 10.8. The van der Waals surface area contributed by atoms with Crippen molar-refractivity contribution in [1.82, 2.24) is 0 Å². The molecule has 0 fully saturated rings. The molecular weight excluding hydrogens is 424 g/mol. The minimum Gasteiger partial charge on any atom is -0.744 e. The second-order valence-electron chi connectivity index (χ2n) is 7.09. The van der Waals surface area contributed by atoms with Gasteiger partial charge >= 0.3 is 0 Å². The highest BCUT2D eigenvalue weighted by Gasteiger charge is 2.11. The van der Waals surface area contributed by atoms with Gasteiger partial charge in [0.15, 0.2) is 0 Å². The Morgan fingerprint density at radius 1 is 0.667 bits per heavy atom. The maximum Gasteiger partial charge on any atom is 0.294 e. The first kappa shape index (κ1) is 26.3. The topological polar surface area (TPSA) is 112 Å². The fourth-order valence-electron chi connectivity index (χ4n) is 3.34. The lowest BCUT2D eigenvalue weighted by molar-refractivity contribution is 0.462. The van der Waals surface area contributed by atoms with Crippen LogP contribution in [0.4, 0.5) is 0 Å². The van der Waals surface area contributed by atoms with Crippen LogP contribution in [0, 0.1) is 0 Å². The highest BCUT2D eigenvalue weighted by atomic mass is 32.2. The lowest BCUT2D eigenvalue weighted by Gasteiger charge is -2.14. The summed E-state index contributed by atoms with van der Waals surface area (Å²) < 4.78 is 62.5. The van der Waals surface area contributed by atoms with Crippen molar-refractivity contribution >= 4 is 20.2 Å². The molecule has 0 saturated heterocycles. The van der Waals surface area contributed by atoms with Crippen LogP contribution in [0.1, 0.15) is 76.3 Å². The SMILES string of the molecule is CCC(CC)c1ccc(S(=O)(=O)O)cc1.CCC(CC)c1ccc(S(=O)(=O)[O-])cc1. The van der Waals surface area contributed by atoms with Gasteiger partial charge in [0.25, 0.3) is 10.1 Å². The van der Waals surface area contributed by atoms with E-state index in [1.54, 1.807) is 24.3 Å². The molecule has 2 aromatic carbocycles. The standard InChI is InChI=1S/2C11H16O3S/c2*1-3-9(4-2)10-5-7-11(8-6-10)15(12,13)14/h2*5-9H,3-4H2,1-2H3,(H,12,13,14)/p-1. The molecule has 0 aromatic heterocycles. The first-order valence-electron chi connectivity index (χ1n) is 10.1. The van der Waals surface area contributed by atoms with E-state index in [9.17, 15) is 21.4 Å². The summed E-state index contributed by atoms with van der Waals surface area (Å²) in [4.78, 5) is -0.200. The molecule has 168 valence electrons. The molecule has 0 aliphatic rings. The summed E-state index contributed by atoms with van der Waals surface area (Å²) in [5.74, 6) is 0.897. The van der Waals surface area contributed by atoms with Crippen molar-refractivity contribution in [1.29, 1.82) is 0 Å². The van der Waals surface area contributed by atoms with Gasteiger partial charge in [0, 0.05) is 0 Å². The second kappa shape index (κ2) is 11.6. The molecular formula is C22H31O6S2-. The van der Waals surface area contributed by atoms with Gasteiger partial charge in [-0.1, -0.05) is 52.0 Å². The third-order valence-electron chi connectivity index (χ3n) is 5.26. The predicted octanol–water partition coefficient (Wildman–Crippen LogP) is 5.33. The van der Waals surface area contributed by atoms with Gasteiger partial charge in [-0.2, -0.15) is 8.42 Å². The Kier molecular flexibility index (Phi) is 10.2. The Balaban J connectivity index is 0.000000300. The van der Waals surface area contributed by atoms with Crippen LogP contribution in [0.3, 0.4) is 0 Å². The molecule has 0 unspecified atom stereocenters. The molecule has 0 amide bonds. The van der Waals surface area contributed by atoms with Gasteiger partial charge in [-0.15, -0.1) is 0 Å². The number of hydrogen-bond acceptors (Lipinski definition) is 5. The normalized spacial score (nSPS) is 12.0. The smallest absolute Gasteiger partial charge is 0.294 e. The number of hydrogen-bond donors (Lipinski definition) is 1. The van der Waals surface area contributed by atoms with Gasteiger partial charge in [-0.05, 0) is 72.9 Å². The van der Waals surface area contributed by atoms with Crippen LogP contribution >= 0.6 is 0 Å². The van der Waals surface area contributed by atoms with Crippen LogP contribution in [0.25, 0.3) is 0 Å². The fourth-order valence-corrected chi connectivity index (χ4v) is 4.29. The van der Waals surface area contributed by atoms with Crippen molar-refractivity contribution in [3.8, 4) is 0 Å². The van der Waals surface area contributed by atoms with E-state index in [4.69, 9.17) is 4.55 Å². The average molecular weight is 456 g/mol. The summed E-state index contributed by atoms with van der Waals surface area (Å²) in [6.45, 7) is 8.38. The molecule has 0 atom stereocenters. The van der Waals surface area contributed by atoms with Crippen LogP contribution in [-0.4, -0.2) is 25.9 Å². The Morgan fingerprint density at radius 2 is 0.967 bits per heavy atom. The van der Waals surface area contributed by atoms with Crippen molar-refractivity contribution < 1.29 is 25.9 Å². The Labute approximate surface area is 180 Å². The van der Waals surface area contributed by atoms with E-state index in [0.717, 1.165) is 36.8 Å². The highest BCUT2D eigenvalue weighted by Crippen LogP contribution is 2.24. The summed E-state index contributed by atoms with van der Waals surface area (Å²) in [5, 5.41) is 0. The summed E-state index contributed by atoms with van der Waals surface area (Å²) in [7, 11) is -8.37. The van der Waals surface area contributed by atoms with Gasteiger partial charge in [0.2, 0.25) is 0 Å². The minimum absolute atomic E-state index is 0.0443. The van der Waals surface area contributed by atoms with E-state index in [0.29, 0.717) is 11.8 Å². The van der Waals surface area contributed by atoms with Crippen molar-refractivity contribution in [2.24, 2.45) is 0 Å². The highest BCUT2D eigenvalue weighted by molar-refractivity contribution is 7.86. The molecule has 0 aliphatic carbocycles. The molecule has 0 aliphatic heterocycles. The zero-order valence-electron chi connectivity index (χ0n) is 17.9. The van der Waals surface area contributed by atoms with Crippen LogP contribution in [0.5, 0.6) is 0 Å². The van der Waals surface area contributed by atoms with E-state index >= 15 is 0 Å². The molecule has 2 aromatic rings. The second-order valence-corrected chi connectivity index (χ2v) is 9.90. The molecule has 1 N–H and O–H groups in total. The summed E-state index contributed by atoms with van der Waals surface area (Å²) in [5.41, 5.74) is 2.21. The van der Waals surface area contributed by atoms with E-state index in [1.807, 2.05) is 0 Å². The van der Waals surface area contributed by atoms with E-state index in [2.05, 4.69) is 27.7 Å². The van der Waals surface area contributed by atoms with Crippen LogP contribution in [-0.2, 0) is 20.2 Å². The van der Waals surface area contributed by atoms with Crippen molar-refractivity contribution in [2.45, 2.75) is 75.0 Å². The van der Waals surface area contributed by atoms with Gasteiger partial charge in [0.1, 0.15) is 10.1 Å². The first-order chi connectivity index (χ1) is 14.0. The third kappa shape index (κ3) is 7.83. The molecule has 2 rings (SSSR count). The zero-order valence-corrected chi connectivity index (χ0v) is 19.5. The molecule has 6 nitrogen and oxygen atoms in total. The lowest BCUT2D eigenvalue weighted by atomic mass is 9.94. The molecule has 30 heavy (non-hydrogen) atoms. The average Bonchev–Trinajstić information content (AvgIpc) is 2.70. The molecule has 0 saturated carbocycles. The Morgan fingerprint density at radius 3 is 1.20 bits per heavy atom. The first-order valence-corrected chi connectivity index (χ1v) is 13.0. The largest absolute Gasteiger partial charge is 0.744 e. The molecule has 0 radical (unpaired) electrons. The zero-order chi connectivity index (χ0) is 22.9. The van der Waals surface area contributed by atoms with Crippen molar-refractivity contribution in [3.05, 3.63) is 59.7 Å². The Hall–Kier alpha value is -1.74. The number of benzene rings is 2. The van der Waals surface area contributed by atoms with Crippen LogP contribution in [0.2, 0.25) is 0 Å². The summed E-state index contributed by atoms with van der Waals surface area (Å²) in [6.07, 6.45) is 4.09. The molecule has 0 spiro atoms. The molecule has 8 heteroatoms. The fraction of sp³-hybridized carbons (Fsp3) is 0.455. The maximum atomic E-state index is 10.8. The molecule has 0 bridgehead atoms. The van der Waals surface area contributed by atoms with E-state index < -0.39 is 20.2 Å². The van der Waals surface area contributed by atoms with Crippen LogP contribution < -0.4 is 0 Å².